The van der Waals surface area contributed by atoms with Gasteiger partial charge in [0.1, 0.15) is 5.75 Å². The second kappa shape index (κ2) is 6.23. The molecule has 0 saturated heterocycles. The summed E-state index contributed by atoms with van der Waals surface area (Å²) in [5.74, 6) is 0.176. The molecule has 0 unspecified atom stereocenters. The quantitative estimate of drug-likeness (QED) is 0.639. The van der Waals surface area contributed by atoms with E-state index in [0.717, 1.165) is 0 Å². The number of para-hydroxylation sites is 1. The Bertz CT molecular complexity index is 269. The predicted octanol–water partition coefficient (Wildman–Crippen LogP) is 3.20. The molecule has 0 aromatic heterocycles. The summed E-state index contributed by atoms with van der Waals surface area (Å²) < 4.78 is 0. The molecule has 0 amide bonds. The zero-order valence-corrected chi connectivity index (χ0v) is 8.46. The smallest absolute Gasteiger partial charge is 0.124 e. The monoisotopic (exact) mass is 179 g/mol. The molecule has 1 aromatic carbocycles. The maximum absolute atomic E-state index is 9.14. The minimum absolute atomic E-state index is 0.176. The maximum Gasteiger partial charge on any atom is 0.124 e. The average Bonchev–Trinajstić information content (AvgIpc) is 2.06. The summed E-state index contributed by atoms with van der Waals surface area (Å²) >= 11 is 0. The van der Waals surface area contributed by atoms with Crippen LogP contribution in [0.15, 0.2) is 24.3 Å². The van der Waals surface area contributed by atoms with Crippen LogP contribution in [-0.2, 0) is 0 Å². The zero-order chi connectivity index (χ0) is 10.3. The first-order chi connectivity index (χ1) is 6.13. The fourth-order valence-corrected chi connectivity index (χ4v) is 0.791. The standard InChI is InChI=1S/C8H9NO.C3H8/c1-6(9)7-4-2-3-5-8(7)10;1-3-2/h2-5,9-10H,1H3;3H2,1-2H3. The van der Waals surface area contributed by atoms with Crippen molar-refractivity contribution >= 4 is 5.71 Å². The molecule has 2 N–H and O–H groups in total. The second-order valence-corrected chi connectivity index (χ2v) is 2.85. The third-order valence-electron chi connectivity index (χ3n) is 1.31. The fraction of sp³-hybridized carbons (Fsp3) is 0.364. The summed E-state index contributed by atoms with van der Waals surface area (Å²) in [4.78, 5) is 0. The molecule has 0 aliphatic carbocycles. The number of phenols is 1. The topological polar surface area (TPSA) is 44.1 Å². The second-order valence-electron chi connectivity index (χ2n) is 2.85. The molecule has 0 heterocycles. The molecule has 72 valence electrons. The Morgan fingerprint density at radius 1 is 1.31 bits per heavy atom. The van der Waals surface area contributed by atoms with Crippen molar-refractivity contribution in [3.8, 4) is 5.75 Å². The largest absolute Gasteiger partial charge is 0.507 e. The molecule has 1 rings (SSSR count). The lowest BCUT2D eigenvalue weighted by Gasteiger charge is -1.98. The Hall–Kier alpha value is -1.31. The lowest BCUT2D eigenvalue weighted by atomic mass is 10.1. The van der Waals surface area contributed by atoms with Crippen LogP contribution in [0.4, 0.5) is 0 Å². The molecule has 13 heavy (non-hydrogen) atoms. The number of aromatic hydroxyl groups is 1. The number of phenolic OH excluding ortho intramolecular Hbond substituents is 1. The highest BCUT2D eigenvalue weighted by molar-refractivity contribution is 5.98. The van der Waals surface area contributed by atoms with Crippen molar-refractivity contribution in [2.45, 2.75) is 27.2 Å². The summed E-state index contributed by atoms with van der Waals surface area (Å²) in [7, 11) is 0. The Balaban J connectivity index is 0.000000424. The van der Waals surface area contributed by atoms with E-state index >= 15 is 0 Å². The van der Waals surface area contributed by atoms with Gasteiger partial charge in [0.15, 0.2) is 0 Å². The van der Waals surface area contributed by atoms with E-state index in [4.69, 9.17) is 10.5 Å². The van der Waals surface area contributed by atoms with E-state index in [9.17, 15) is 0 Å². The van der Waals surface area contributed by atoms with Gasteiger partial charge in [-0.2, -0.15) is 0 Å². The molecule has 0 aliphatic heterocycles. The van der Waals surface area contributed by atoms with Crippen molar-refractivity contribution < 1.29 is 5.11 Å². The van der Waals surface area contributed by atoms with Crippen LogP contribution in [0, 0.1) is 5.41 Å². The van der Waals surface area contributed by atoms with Crippen LogP contribution < -0.4 is 0 Å². The van der Waals surface area contributed by atoms with E-state index in [0.29, 0.717) is 11.3 Å². The summed E-state index contributed by atoms with van der Waals surface area (Å²) in [6.45, 7) is 5.90. The number of nitrogens with one attached hydrogen (secondary N) is 1. The highest BCUT2D eigenvalue weighted by Gasteiger charge is 1.98. The lowest BCUT2D eigenvalue weighted by molar-refractivity contribution is 0.474. The summed E-state index contributed by atoms with van der Waals surface area (Å²) in [5.41, 5.74) is 0.987. The molecule has 0 atom stereocenters. The molecule has 0 radical (unpaired) electrons. The van der Waals surface area contributed by atoms with Gasteiger partial charge in [-0.15, -0.1) is 0 Å². The SMILES string of the molecule is CC(=N)c1ccccc1O.CCC. The van der Waals surface area contributed by atoms with Crippen LogP contribution in [0.3, 0.4) is 0 Å². The Morgan fingerprint density at radius 3 is 2.08 bits per heavy atom. The van der Waals surface area contributed by atoms with E-state index in [1.165, 1.54) is 6.42 Å². The highest BCUT2D eigenvalue weighted by atomic mass is 16.3. The molecular formula is C11H17NO. The van der Waals surface area contributed by atoms with Gasteiger partial charge >= 0.3 is 0 Å². The first-order valence-corrected chi connectivity index (χ1v) is 4.47. The molecule has 0 bridgehead atoms. The van der Waals surface area contributed by atoms with E-state index < -0.39 is 0 Å². The van der Waals surface area contributed by atoms with Crippen molar-refractivity contribution in [3.63, 3.8) is 0 Å². The first kappa shape index (κ1) is 11.7. The van der Waals surface area contributed by atoms with Gasteiger partial charge < -0.3 is 10.5 Å². The molecule has 0 saturated carbocycles. The molecule has 0 spiro atoms. The van der Waals surface area contributed by atoms with Crippen molar-refractivity contribution in [1.82, 2.24) is 0 Å². The third-order valence-corrected chi connectivity index (χ3v) is 1.31. The van der Waals surface area contributed by atoms with Gasteiger partial charge in [0.25, 0.3) is 0 Å². The fourth-order valence-electron chi connectivity index (χ4n) is 0.791. The van der Waals surface area contributed by atoms with Gasteiger partial charge in [0.2, 0.25) is 0 Å². The van der Waals surface area contributed by atoms with Gasteiger partial charge in [-0.05, 0) is 19.1 Å². The van der Waals surface area contributed by atoms with Gasteiger partial charge in [-0.3, -0.25) is 0 Å². The van der Waals surface area contributed by atoms with Gasteiger partial charge in [-0.25, -0.2) is 0 Å². The minimum atomic E-state index is 0.176. The summed E-state index contributed by atoms with van der Waals surface area (Å²) in [6, 6.07) is 6.83. The van der Waals surface area contributed by atoms with Crippen molar-refractivity contribution in [1.29, 1.82) is 5.41 Å². The molecule has 2 heteroatoms. The number of hydrogen-bond donors (Lipinski definition) is 2. The van der Waals surface area contributed by atoms with Crippen LogP contribution >= 0.6 is 0 Å². The van der Waals surface area contributed by atoms with Gasteiger partial charge in [-0.1, -0.05) is 32.4 Å². The van der Waals surface area contributed by atoms with E-state index in [-0.39, 0.29) is 5.75 Å². The Morgan fingerprint density at radius 2 is 1.77 bits per heavy atom. The zero-order valence-electron chi connectivity index (χ0n) is 8.46. The van der Waals surface area contributed by atoms with Crippen molar-refractivity contribution in [3.05, 3.63) is 29.8 Å². The van der Waals surface area contributed by atoms with E-state index in [1.807, 2.05) is 0 Å². The lowest BCUT2D eigenvalue weighted by Crippen LogP contribution is -1.90. The average molecular weight is 179 g/mol. The number of hydrogen-bond acceptors (Lipinski definition) is 2. The van der Waals surface area contributed by atoms with Crippen LogP contribution in [0.1, 0.15) is 32.8 Å². The molecule has 2 nitrogen and oxygen atoms in total. The Labute approximate surface area is 79.7 Å². The van der Waals surface area contributed by atoms with Gasteiger partial charge in [0.05, 0.1) is 0 Å². The Kier molecular flexibility index (Phi) is 5.60. The van der Waals surface area contributed by atoms with Gasteiger partial charge in [0, 0.05) is 11.3 Å². The third kappa shape index (κ3) is 4.31. The number of rotatable bonds is 1. The highest BCUT2D eigenvalue weighted by Crippen LogP contribution is 2.15. The summed E-state index contributed by atoms with van der Waals surface area (Å²) in [5, 5.41) is 16.4. The normalized spacial score (nSPS) is 8.54. The van der Waals surface area contributed by atoms with Crippen molar-refractivity contribution in [2.24, 2.45) is 0 Å². The molecule has 1 aromatic rings. The van der Waals surface area contributed by atoms with Crippen LogP contribution in [0.5, 0.6) is 5.75 Å². The molecular weight excluding hydrogens is 162 g/mol. The minimum Gasteiger partial charge on any atom is -0.507 e. The van der Waals surface area contributed by atoms with Crippen molar-refractivity contribution in [2.75, 3.05) is 0 Å². The molecule has 0 aliphatic rings. The summed E-state index contributed by atoms with van der Waals surface area (Å²) in [6.07, 6.45) is 1.25. The predicted molar refractivity (Wildman–Crippen MR) is 56.6 cm³/mol. The first-order valence-electron chi connectivity index (χ1n) is 4.47. The van der Waals surface area contributed by atoms with Crippen LogP contribution in [0.2, 0.25) is 0 Å². The maximum atomic E-state index is 9.14. The van der Waals surface area contributed by atoms with Crippen LogP contribution in [0.25, 0.3) is 0 Å². The van der Waals surface area contributed by atoms with E-state index in [1.54, 1.807) is 31.2 Å². The van der Waals surface area contributed by atoms with E-state index in [2.05, 4.69) is 13.8 Å². The van der Waals surface area contributed by atoms with Crippen LogP contribution in [-0.4, -0.2) is 10.8 Å². The molecule has 0 fully saturated rings. The number of benzene rings is 1.